The summed E-state index contributed by atoms with van der Waals surface area (Å²) in [5.74, 6) is 1.02. The molecule has 0 bridgehead atoms. The summed E-state index contributed by atoms with van der Waals surface area (Å²) < 4.78 is 9.66. The molecular weight excluding hydrogens is 260 g/mol. The van der Waals surface area contributed by atoms with Crippen LogP contribution in [0, 0.1) is 11.8 Å². The van der Waals surface area contributed by atoms with E-state index in [-0.39, 0.29) is 12.2 Å². The van der Waals surface area contributed by atoms with Gasteiger partial charge in [-0.2, -0.15) is 0 Å². The van der Waals surface area contributed by atoms with Crippen LogP contribution in [0.2, 0.25) is 0 Å². The molecule has 0 aromatic heterocycles. The number of carbonyl (C=O) groups excluding carboxylic acids is 2. The maximum Gasteiger partial charge on any atom is 0.407 e. The van der Waals surface area contributed by atoms with Crippen molar-refractivity contribution in [2.45, 2.75) is 39.5 Å². The van der Waals surface area contributed by atoms with Crippen molar-refractivity contribution in [1.82, 2.24) is 10.6 Å². The highest BCUT2D eigenvalue weighted by Crippen LogP contribution is 2.27. The van der Waals surface area contributed by atoms with Crippen LogP contribution in [-0.4, -0.2) is 38.5 Å². The van der Waals surface area contributed by atoms with Gasteiger partial charge in [0, 0.05) is 13.1 Å². The van der Waals surface area contributed by atoms with Crippen LogP contribution < -0.4 is 10.6 Å². The van der Waals surface area contributed by atoms with Gasteiger partial charge in [-0.25, -0.2) is 9.59 Å². The number of carbonyl (C=O) groups is 2. The molecule has 0 aliphatic heterocycles. The third-order valence-electron chi connectivity index (χ3n) is 3.59. The maximum absolute atomic E-state index is 11.2. The minimum Gasteiger partial charge on any atom is -0.450 e. The van der Waals surface area contributed by atoms with Crippen molar-refractivity contribution >= 4 is 12.2 Å². The molecule has 6 nitrogen and oxygen atoms in total. The second-order valence-electron chi connectivity index (χ2n) is 5.09. The summed E-state index contributed by atoms with van der Waals surface area (Å²) in [5, 5.41) is 5.57. The molecule has 6 heteroatoms. The molecule has 0 aromatic rings. The second-order valence-corrected chi connectivity index (χ2v) is 5.09. The third-order valence-corrected chi connectivity index (χ3v) is 3.59. The molecule has 0 unspecified atom stereocenters. The molecule has 2 N–H and O–H groups in total. The molecule has 0 radical (unpaired) electrons. The maximum atomic E-state index is 11.2. The first kappa shape index (κ1) is 16.6. The van der Waals surface area contributed by atoms with Gasteiger partial charge in [0.25, 0.3) is 0 Å². The fraction of sp³-hybridized carbons (Fsp3) is 0.857. The van der Waals surface area contributed by atoms with Crippen molar-refractivity contribution in [2.75, 3.05) is 26.3 Å². The average Bonchev–Trinajstić information content (AvgIpc) is 2.45. The van der Waals surface area contributed by atoms with Gasteiger partial charge in [0.2, 0.25) is 0 Å². The van der Waals surface area contributed by atoms with Crippen LogP contribution >= 0.6 is 0 Å². The van der Waals surface area contributed by atoms with Crippen LogP contribution in [-0.2, 0) is 9.47 Å². The first-order valence-electron chi connectivity index (χ1n) is 7.46. The van der Waals surface area contributed by atoms with Gasteiger partial charge in [0.05, 0.1) is 13.2 Å². The number of hydrogen-bond acceptors (Lipinski definition) is 4. The van der Waals surface area contributed by atoms with Crippen LogP contribution in [0.25, 0.3) is 0 Å². The predicted octanol–water partition coefficient (Wildman–Crippen LogP) is 2.29. The molecular formula is C14H26N2O4. The quantitative estimate of drug-likeness (QED) is 0.785. The first-order chi connectivity index (χ1) is 9.65. The SMILES string of the molecule is CCOC(=O)NCC1CCC(CNC(=O)OCC)CC1. The third kappa shape index (κ3) is 6.63. The Morgan fingerprint density at radius 1 is 0.850 bits per heavy atom. The lowest BCUT2D eigenvalue weighted by atomic mass is 9.82. The predicted molar refractivity (Wildman–Crippen MR) is 75.5 cm³/mol. The Kier molecular flexibility index (Phi) is 7.84. The highest BCUT2D eigenvalue weighted by molar-refractivity contribution is 5.67. The van der Waals surface area contributed by atoms with E-state index in [1.54, 1.807) is 13.8 Å². The summed E-state index contributed by atoms with van der Waals surface area (Å²) >= 11 is 0. The number of rotatable bonds is 6. The number of ether oxygens (including phenoxy) is 2. The van der Waals surface area contributed by atoms with Crippen LogP contribution in [0.3, 0.4) is 0 Å². The Labute approximate surface area is 120 Å². The highest BCUT2D eigenvalue weighted by atomic mass is 16.5. The Hall–Kier alpha value is -1.46. The van der Waals surface area contributed by atoms with E-state index in [2.05, 4.69) is 10.6 Å². The van der Waals surface area contributed by atoms with Crippen molar-refractivity contribution in [2.24, 2.45) is 11.8 Å². The number of alkyl carbamates (subject to hydrolysis) is 2. The van der Waals surface area contributed by atoms with E-state index in [4.69, 9.17) is 9.47 Å². The lowest BCUT2D eigenvalue weighted by Gasteiger charge is -2.28. The van der Waals surface area contributed by atoms with Crippen molar-refractivity contribution in [1.29, 1.82) is 0 Å². The van der Waals surface area contributed by atoms with Gasteiger partial charge >= 0.3 is 12.2 Å². The Bertz CT molecular complexity index is 272. The second kappa shape index (κ2) is 9.44. The van der Waals surface area contributed by atoms with E-state index < -0.39 is 0 Å². The van der Waals surface area contributed by atoms with Gasteiger partial charge in [-0.1, -0.05) is 0 Å². The molecule has 0 heterocycles. The number of nitrogens with one attached hydrogen (secondary N) is 2. The molecule has 0 aromatic carbocycles. The lowest BCUT2D eigenvalue weighted by Crippen LogP contribution is -2.35. The zero-order chi connectivity index (χ0) is 14.8. The monoisotopic (exact) mass is 286 g/mol. The summed E-state index contributed by atoms with van der Waals surface area (Å²) in [6.45, 7) is 5.74. The van der Waals surface area contributed by atoms with Gasteiger partial charge in [0.1, 0.15) is 0 Å². The highest BCUT2D eigenvalue weighted by Gasteiger charge is 2.22. The molecule has 1 rings (SSSR count). The summed E-state index contributed by atoms with van der Waals surface area (Å²) in [4.78, 5) is 22.4. The number of hydrogen-bond donors (Lipinski definition) is 2. The van der Waals surface area contributed by atoms with Crippen molar-refractivity contribution in [3.8, 4) is 0 Å². The summed E-state index contributed by atoms with van der Waals surface area (Å²) in [5.41, 5.74) is 0. The zero-order valence-electron chi connectivity index (χ0n) is 12.4. The van der Waals surface area contributed by atoms with E-state index in [0.29, 0.717) is 38.1 Å². The molecule has 20 heavy (non-hydrogen) atoms. The van der Waals surface area contributed by atoms with E-state index in [1.807, 2.05) is 0 Å². The molecule has 0 atom stereocenters. The minimum absolute atomic E-state index is 0.335. The van der Waals surface area contributed by atoms with E-state index >= 15 is 0 Å². The Morgan fingerprint density at radius 2 is 1.20 bits per heavy atom. The van der Waals surface area contributed by atoms with Crippen LogP contribution in [0.5, 0.6) is 0 Å². The Balaban J connectivity index is 2.10. The van der Waals surface area contributed by atoms with Gasteiger partial charge < -0.3 is 20.1 Å². The molecule has 0 spiro atoms. The fourth-order valence-electron chi connectivity index (χ4n) is 2.46. The van der Waals surface area contributed by atoms with Crippen LogP contribution in [0.1, 0.15) is 39.5 Å². The lowest BCUT2D eigenvalue weighted by molar-refractivity contribution is 0.143. The van der Waals surface area contributed by atoms with E-state index in [9.17, 15) is 9.59 Å². The average molecular weight is 286 g/mol. The number of amides is 2. The Morgan fingerprint density at radius 3 is 1.50 bits per heavy atom. The van der Waals surface area contributed by atoms with Crippen molar-refractivity contribution < 1.29 is 19.1 Å². The molecule has 1 fully saturated rings. The van der Waals surface area contributed by atoms with Gasteiger partial charge in [0.15, 0.2) is 0 Å². The van der Waals surface area contributed by atoms with Crippen LogP contribution in [0.15, 0.2) is 0 Å². The zero-order valence-corrected chi connectivity index (χ0v) is 12.4. The van der Waals surface area contributed by atoms with Crippen molar-refractivity contribution in [3.05, 3.63) is 0 Å². The molecule has 1 saturated carbocycles. The van der Waals surface area contributed by atoms with Gasteiger partial charge in [-0.05, 0) is 51.4 Å². The largest absolute Gasteiger partial charge is 0.450 e. The molecule has 1 aliphatic rings. The van der Waals surface area contributed by atoms with E-state index in [1.165, 1.54) is 0 Å². The summed E-state index contributed by atoms with van der Waals surface area (Å²) in [6, 6.07) is 0. The molecule has 1 aliphatic carbocycles. The molecule has 116 valence electrons. The van der Waals surface area contributed by atoms with Crippen LogP contribution in [0.4, 0.5) is 9.59 Å². The van der Waals surface area contributed by atoms with E-state index in [0.717, 1.165) is 25.7 Å². The topological polar surface area (TPSA) is 76.7 Å². The summed E-state index contributed by atoms with van der Waals surface area (Å²) in [6.07, 6.45) is 3.61. The van der Waals surface area contributed by atoms with Gasteiger partial charge in [-0.3, -0.25) is 0 Å². The molecule has 2 amide bonds. The fourth-order valence-corrected chi connectivity index (χ4v) is 2.46. The smallest absolute Gasteiger partial charge is 0.407 e. The minimum atomic E-state index is -0.335. The molecule has 0 saturated heterocycles. The van der Waals surface area contributed by atoms with Gasteiger partial charge in [-0.15, -0.1) is 0 Å². The van der Waals surface area contributed by atoms with Crippen molar-refractivity contribution in [3.63, 3.8) is 0 Å². The normalized spacial score (nSPS) is 21.9. The first-order valence-corrected chi connectivity index (χ1v) is 7.46. The summed E-state index contributed by atoms with van der Waals surface area (Å²) in [7, 11) is 0. The standard InChI is InChI=1S/C14H26N2O4/c1-3-19-13(17)15-9-11-5-7-12(8-6-11)10-16-14(18)20-4-2/h11-12H,3-10H2,1-2H3,(H,15,17)(H,16,18).